The van der Waals surface area contributed by atoms with Gasteiger partial charge in [-0.05, 0) is 32.1 Å². The zero-order valence-corrected chi connectivity index (χ0v) is 13.9. The number of nitrogens with one attached hydrogen (secondary N) is 1. The Labute approximate surface area is 134 Å². The second-order valence-corrected chi connectivity index (χ2v) is 7.70. The van der Waals surface area contributed by atoms with Gasteiger partial charge in [0.1, 0.15) is 0 Å². The third kappa shape index (κ3) is 4.69. The third-order valence-corrected chi connectivity index (χ3v) is 5.41. The first-order chi connectivity index (χ1) is 10.7. The van der Waals surface area contributed by atoms with Crippen LogP contribution in [0.5, 0.6) is 0 Å². The molecule has 2 rings (SSSR count). The second-order valence-electron chi connectivity index (χ2n) is 5.77. The molecule has 0 bridgehead atoms. The Kier molecular flexibility index (Phi) is 5.72. The Morgan fingerprint density at radius 2 is 1.96 bits per heavy atom. The molecule has 0 amide bonds. The molecule has 1 aromatic heterocycles. The monoisotopic (exact) mass is 353 g/mol. The highest BCUT2D eigenvalue weighted by Gasteiger charge is 2.39. The molecule has 1 aromatic rings. The van der Waals surface area contributed by atoms with Gasteiger partial charge >= 0.3 is 6.18 Å². The van der Waals surface area contributed by atoms with Crippen LogP contribution in [0.3, 0.4) is 0 Å². The van der Waals surface area contributed by atoms with Crippen molar-refractivity contribution < 1.29 is 21.6 Å². The number of hydrogen-bond donors (Lipinski definition) is 1. The number of rotatable bonds is 7. The zero-order valence-electron chi connectivity index (χ0n) is 13.1. The van der Waals surface area contributed by atoms with Crippen LogP contribution in [0.2, 0.25) is 0 Å². The van der Waals surface area contributed by atoms with E-state index in [1.54, 1.807) is 0 Å². The van der Waals surface area contributed by atoms with Crippen molar-refractivity contribution in [1.82, 2.24) is 14.5 Å². The molecule has 132 valence electrons. The highest BCUT2D eigenvalue weighted by atomic mass is 32.2. The van der Waals surface area contributed by atoms with Crippen LogP contribution in [-0.4, -0.2) is 30.5 Å². The Bertz CT molecular complexity index is 638. The number of nitrogens with zero attached hydrogens (tertiary/aromatic N) is 2. The molecule has 0 radical (unpaired) electrons. The standard InChI is InChI=1S/C14H22F3N3O2S/c1-2-3-10-23(21,22)18-8-9-20-12-7-5-4-6-11(12)13(19-20)14(15,16)17/h18H,2-10H2,1H3. The van der Waals surface area contributed by atoms with Crippen molar-refractivity contribution >= 4 is 10.0 Å². The summed E-state index contributed by atoms with van der Waals surface area (Å²) in [5, 5.41) is 3.70. The summed E-state index contributed by atoms with van der Waals surface area (Å²) in [6.07, 6.45) is -0.641. The fourth-order valence-electron chi connectivity index (χ4n) is 2.80. The van der Waals surface area contributed by atoms with Crippen molar-refractivity contribution in [3.05, 3.63) is 17.0 Å². The van der Waals surface area contributed by atoms with Gasteiger partial charge in [-0.1, -0.05) is 13.3 Å². The normalized spacial score (nSPS) is 15.7. The smallest absolute Gasteiger partial charge is 0.267 e. The van der Waals surface area contributed by atoms with Gasteiger partial charge in [-0.15, -0.1) is 0 Å². The van der Waals surface area contributed by atoms with E-state index in [9.17, 15) is 21.6 Å². The van der Waals surface area contributed by atoms with Gasteiger partial charge < -0.3 is 0 Å². The van der Waals surface area contributed by atoms with Crippen molar-refractivity contribution in [2.75, 3.05) is 12.3 Å². The quantitative estimate of drug-likeness (QED) is 0.819. The Morgan fingerprint density at radius 1 is 1.26 bits per heavy atom. The van der Waals surface area contributed by atoms with Crippen molar-refractivity contribution in [3.63, 3.8) is 0 Å². The van der Waals surface area contributed by atoms with Gasteiger partial charge in [-0.2, -0.15) is 18.3 Å². The lowest BCUT2D eigenvalue weighted by Gasteiger charge is -2.15. The number of unbranched alkanes of at least 4 members (excludes halogenated alkanes) is 1. The molecule has 23 heavy (non-hydrogen) atoms. The maximum atomic E-state index is 13.1. The van der Waals surface area contributed by atoms with Gasteiger partial charge in [0.05, 0.1) is 12.3 Å². The van der Waals surface area contributed by atoms with Crippen LogP contribution >= 0.6 is 0 Å². The summed E-state index contributed by atoms with van der Waals surface area (Å²) in [4.78, 5) is 0. The van der Waals surface area contributed by atoms with E-state index >= 15 is 0 Å². The maximum Gasteiger partial charge on any atom is 0.435 e. The minimum absolute atomic E-state index is 0.0362. The number of hydrogen-bond acceptors (Lipinski definition) is 3. The fraction of sp³-hybridized carbons (Fsp3) is 0.786. The molecule has 0 saturated heterocycles. The van der Waals surface area contributed by atoms with E-state index in [0.29, 0.717) is 25.0 Å². The molecule has 0 unspecified atom stereocenters. The largest absolute Gasteiger partial charge is 0.435 e. The topological polar surface area (TPSA) is 64.0 Å². The van der Waals surface area contributed by atoms with E-state index in [1.807, 2.05) is 6.92 Å². The van der Waals surface area contributed by atoms with Gasteiger partial charge in [0.2, 0.25) is 10.0 Å². The molecule has 0 aromatic carbocycles. The molecular formula is C14H22F3N3O2S. The minimum Gasteiger partial charge on any atom is -0.267 e. The number of aromatic nitrogens is 2. The minimum atomic E-state index is -4.46. The van der Waals surface area contributed by atoms with E-state index in [-0.39, 0.29) is 24.4 Å². The molecule has 5 nitrogen and oxygen atoms in total. The molecular weight excluding hydrogens is 331 g/mol. The first-order valence-electron chi connectivity index (χ1n) is 7.87. The number of halogens is 3. The van der Waals surface area contributed by atoms with E-state index in [1.165, 1.54) is 4.68 Å². The van der Waals surface area contributed by atoms with Gasteiger partial charge in [-0.3, -0.25) is 4.68 Å². The first kappa shape index (κ1) is 18.3. The lowest BCUT2D eigenvalue weighted by Crippen LogP contribution is -2.30. The lowest BCUT2D eigenvalue weighted by atomic mass is 9.95. The summed E-state index contributed by atoms with van der Waals surface area (Å²) in [6, 6.07) is 0. The van der Waals surface area contributed by atoms with Gasteiger partial charge in [-0.25, -0.2) is 13.1 Å². The lowest BCUT2D eigenvalue weighted by molar-refractivity contribution is -0.142. The molecule has 0 fully saturated rings. The van der Waals surface area contributed by atoms with Crippen molar-refractivity contribution in [1.29, 1.82) is 0 Å². The van der Waals surface area contributed by atoms with E-state index in [2.05, 4.69) is 9.82 Å². The van der Waals surface area contributed by atoms with Crippen LogP contribution in [0.25, 0.3) is 0 Å². The third-order valence-electron chi connectivity index (χ3n) is 3.94. The molecule has 0 spiro atoms. The van der Waals surface area contributed by atoms with Crippen LogP contribution in [0, 0.1) is 0 Å². The molecule has 1 aliphatic carbocycles. The van der Waals surface area contributed by atoms with Crippen LogP contribution in [-0.2, 0) is 35.6 Å². The average Bonchev–Trinajstić information content (AvgIpc) is 2.84. The fourth-order valence-corrected chi connectivity index (χ4v) is 4.01. The van der Waals surface area contributed by atoms with E-state index in [4.69, 9.17) is 0 Å². The van der Waals surface area contributed by atoms with Crippen LogP contribution < -0.4 is 4.72 Å². The number of alkyl halides is 3. The molecule has 1 aliphatic rings. The average molecular weight is 353 g/mol. The Balaban J connectivity index is 2.07. The molecule has 9 heteroatoms. The molecule has 0 saturated carbocycles. The highest BCUT2D eigenvalue weighted by Crippen LogP contribution is 2.35. The van der Waals surface area contributed by atoms with Crippen LogP contribution in [0.15, 0.2) is 0 Å². The summed E-state index contributed by atoms with van der Waals surface area (Å²) < 4.78 is 66.3. The molecule has 1 N–H and O–H groups in total. The van der Waals surface area contributed by atoms with Crippen LogP contribution in [0.1, 0.15) is 49.6 Å². The Hall–Kier alpha value is -1.09. The first-order valence-corrected chi connectivity index (χ1v) is 9.53. The van der Waals surface area contributed by atoms with Gasteiger partial charge in [0.25, 0.3) is 0 Å². The maximum absolute atomic E-state index is 13.1. The van der Waals surface area contributed by atoms with Crippen molar-refractivity contribution in [2.45, 2.75) is 58.2 Å². The summed E-state index contributed by atoms with van der Waals surface area (Å²) in [5.41, 5.74) is 0.0509. The zero-order chi connectivity index (χ0) is 17.1. The summed E-state index contributed by atoms with van der Waals surface area (Å²) >= 11 is 0. The van der Waals surface area contributed by atoms with Crippen molar-refractivity contribution in [2.24, 2.45) is 0 Å². The summed E-state index contributed by atoms with van der Waals surface area (Å²) in [5.74, 6) is 0.0362. The number of fused-ring (bicyclic) bond motifs is 1. The Morgan fingerprint density at radius 3 is 2.61 bits per heavy atom. The van der Waals surface area contributed by atoms with E-state index < -0.39 is 21.9 Å². The van der Waals surface area contributed by atoms with Crippen LogP contribution in [0.4, 0.5) is 13.2 Å². The van der Waals surface area contributed by atoms with E-state index in [0.717, 1.165) is 19.3 Å². The highest BCUT2D eigenvalue weighted by molar-refractivity contribution is 7.89. The van der Waals surface area contributed by atoms with Gasteiger partial charge in [0.15, 0.2) is 5.69 Å². The summed E-state index contributed by atoms with van der Waals surface area (Å²) in [7, 11) is -3.37. The van der Waals surface area contributed by atoms with Crippen molar-refractivity contribution in [3.8, 4) is 0 Å². The predicted molar refractivity (Wildman–Crippen MR) is 80.6 cm³/mol. The molecule has 0 atom stereocenters. The van der Waals surface area contributed by atoms with Gasteiger partial charge in [0, 0.05) is 17.8 Å². The number of sulfonamides is 1. The SMILES string of the molecule is CCCCS(=O)(=O)NCCn1nc(C(F)(F)F)c2c1CCCC2. The molecule has 1 heterocycles. The second kappa shape index (κ2) is 7.21. The molecule has 0 aliphatic heterocycles. The predicted octanol–water partition coefficient (Wildman–Crippen LogP) is 2.50. The summed E-state index contributed by atoms with van der Waals surface area (Å²) in [6.45, 7) is 2.06.